The minimum Gasteiger partial charge on any atom is -0.480 e. The largest absolute Gasteiger partial charge is 0.480 e. The Morgan fingerprint density at radius 3 is 2.15 bits per heavy atom. The molecule has 0 spiro atoms. The van der Waals surface area contributed by atoms with Crippen LogP contribution < -0.4 is 0 Å². The van der Waals surface area contributed by atoms with Gasteiger partial charge in [-0.05, 0) is 30.6 Å². The minimum absolute atomic E-state index is 0.118. The van der Waals surface area contributed by atoms with E-state index in [9.17, 15) is 19.5 Å². The van der Waals surface area contributed by atoms with E-state index < -0.39 is 12.0 Å². The van der Waals surface area contributed by atoms with Crippen LogP contribution in [-0.2, 0) is 14.4 Å². The van der Waals surface area contributed by atoms with Gasteiger partial charge in [-0.1, -0.05) is 26.0 Å². The summed E-state index contributed by atoms with van der Waals surface area (Å²) in [5.74, 6) is -1.89. The van der Waals surface area contributed by atoms with Crippen molar-refractivity contribution in [1.82, 2.24) is 4.90 Å². The van der Waals surface area contributed by atoms with Crippen LogP contribution in [0.25, 0.3) is 0 Å². The first-order valence-corrected chi connectivity index (χ1v) is 7.20. The van der Waals surface area contributed by atoms with E-state index in [2.05, 4.69) is 0 Å². The average molecular weight is 277 g/mol. The van der Waals surface area contributed by atoms with Gasteiger partial charge in [-0.2, -0.15) is 0 Å². The fourth-order valence-electron chi connectivity index (χ4n) is 4.00. The summed E-state index contributed by atoms with van der Waals surface area (Å²) in [6, 6.07) is -1.01. The third-order valence-electron chi connectivity index (χ3n) is 4.80. The zero-order valence-corrected chi connectivity index (χ0v) is 11.7. The summed E-state index contributed by atoms with van der Waals surface area (Å²) in [5.41, 5.74) is 0. The number of carboxylic acids is 1. The Kier molecular flexibility index (Phi) is 2.96. The number of imide groups is 1. The predicted molar refractivity (Wildman–Crippen MR) is 70.4 cm³/mol. The molecule has 2 fully saturated rings. The van der Waals surface area contributed by atoms with Crippen molar-refractivity contribution in [3.63, 3.8) is 0 Å². The van der Waals surface area contributed by atoms with Crippen LogP contribution >= 0.6 is 0 Å². The molecule has 5 atom stereocenters. The maximum Gasteiger partial charge on any atom is 0.326 e. The van der Waals surface area contributed by atoms with Crippen molar-refractivity contribution in [2.24, 2.45) is 29.6 Å². The van der Waals surface area contributed by atoms with Gasteiger partial charge < -0.3 is 5.11 Å². The Morgan fingerprint density at radius 2 is 1.75 bits per heavy atom. The number of rotatable bonds is 4. The van der Waals surface area contributed by atoms with E-state index in [-0.39, 0.29) is 41.4 Å². The summed E-state index contributed by atoms with van der Waals surface area (Å²) in [5, 5.41) is 9.37. The molecule has 3 aliphatic rings. The zero-order chi connectivity index (χ0) is 14.6. The number of carboxylic acid groups (broad SMARTS) is 1. The Labute approximate surface area is 117 Å². The van der Waals surface area contributed by atoms with Gasteiger partial charge in [0.1, 0.15) is 6.04 Å². The molecule has 1 saturated carbocycles. The van der Waals surface area contributed by atoms with Gasteiger partial charge >= 0.3 is 5.97 Å². The normalized spacial score (nSPS) is 36.0. The average Bonchev–Trinajstić information content (AvgIpc) is 3.01. The van der Waals surface area contributed by atoms with Gasteiger partial charge in [0, 0.05) is 0 Å². The van der Waals surface area contributed by atoms with E-state index in [0.717, 1.165) is 11.3 Å². The fourth-order valence-corrected chi connectivity index (χ4v) is 4.00. The lowest BCUT2D eigenvalue weighted by atomic mass is 9.85. The third kappa shape index (κ3) is 1.72. The highest BCUT2D eigenvalue weighted by atomic mass is 16.4. The summed E-state index contributed by atoms with van der Waals surface area (Å²) in [6.45, 7) is 3.79. The molecule has 3 rings (SSSR count). The molecule has 0 radical (unpaired) electrons. The van der Waals surface area contributed by atoms with Gasteiger partial charge in [-0.15, -0.1) is 0 Å². The first-order chi connectivity index (χ1) is 9.41. The highest BCUT2D eigenvalue weighted by Crippen LogP contribution is 2.53. The van der Waals surface area contributed by atoms with Crippen LogP contribution in [0.4, 0.5) is 0 Å². The van der Waals surface area contributed by atoms with Crippen LogP contribution in [-0.4, -0.2) is 33.8 Å². The molecule has 0 unspecified atom stereocenters. The van der Waals surface area contributed by atoms with Crippen LogP contribution in [0, 0.1) is 29.6 Å². The number of carbonyl (C=O) groups excluding carboxylic acids is 2. The lowest BCUT2D eigenvalue weighted by Gasteiger charge is -2.25. The minimum atomic E-state index is -1.08. The molecule has 0 aromatic carbocycles. The van der Waals surface area contributed by atoms with Crippen LogP contribution in [0.15, 0.2) is 12.2 Å². The van der Waals surface area contributed by atoms with Gasteiger partial charge in [0.05, 0.1) is 11.8 Å². The van der Waals surface area contributed by atoms with E-state index in [4.69, 9.17) is 0 Å². The molecule has 1 aliphatic heterocycles. The number of amides is 2. The van der Waals surface area contributed by atoms with Gasteiger partial charge in [0.25, 0.3) is 0 Å². The molecule has 5 heteroatoms. The maximum absolute atomic E-state index is 12.5. The molecule has 1 N–H and O–H groups in total. The molecule has 0 aromatic rings. The molecule has 5 nitrogen and oxygen atoms in total. The number of fused-ring (bicyclic) bond motifs is 5. The van der Waals surface area contributed by atoms with Gasteiger partial charge in [0.2, 0.25) is 11.8 Å². The topological polar surface area (TPSA) is 74.7 Å². The van der Waals surface area contributed by atoms with Crippen molar-refractivity contribution in [3.05, 3.63) is 12.2 Å². The van der Waals surface area contributed by atoms with Crippen LogP contribution in [0.1, 0.15) is 26.7 Å². The molecule has 2 bridgehead atoms. The molecule has 2 amide bonds. The van der Waals surface area contributed by atoms with Crippen molar-refractivity contribution in [3.8, 4) is 0 Å². The SMILES string of the molecule is CC(C)C[C@@H](C(=O)O)N1C(=O)[C@@H]2[C@@H](C1=O)[C@H]1C=C[C@H]2C1. The number of hydrogen-bond donors (Lipinski definition) is 1. The van der Waals surface area contributed by atoms with E-state index in [1.165, 1.54) is 0 Å². The third-order valence-corrected chi connectivity index (χ3v) is 4.80. The highest BCUT2D eigenvalue weighted by molar-refractivity contribution is 6.08. The predicted octanol–water partition coefficient (Wildman–Crippen LogP) is 1.29. The Morgan fingerprint density at radius 1 is 1.25 bits per heavy atom. The standard InChI is InChI=1S/C15H19NO4/c1-7(2)5-10(15(19)20)16-13(17)11-8-3-4-9(6-8)12(11)14(16)18/h3-4,7-12H,5-6H2,1-2H3,(H,19,20)/t8-,9-,10-,11-,12-/m0/s1. The monoisotopic (exact) mass is 277 g/mol. The second kappa shape index (κ2) is 4.43. The van der Waals surface area contributed by atoms with Gasteiger partial charge in [0.15, 0.2) is 0 Å². The molecule has 1 heterocycles. The van der Waals surface area contributed by atoms with Crippen molar-refractivity contribution < 1.29 is 19.5 Å². The quantitative estimate of drug-likeness (QED) is 0.620. The first-order valence-electron chi connectivity index (χ1n) is 7.20. The second-order valence-corrected chi connectivity index (χ2v) is 6.53. The number of hydrogen-bond acceptors (Lipinski definition) is 3. The van der Waals surface area contributed by atoms with Crippen LogP contribution in [0.2, 0.25) is 0 Å². The van der Waals surface area contributed by atoms with Gasteiger partial charge in [-0.3, -0.25) is 14.5 Å². The fraction of sp³-hybridized carbons (Fsp3) is 0.667. The summed E-state index contributed by atoms with van der Waals surface area (Å²) in [7, 11) is 0. The molecule has 0 aromatic heterocycles. The van der Waals surface area contributed by atoms with Crippen molar-refractivity contribution >= 4 is 17.8 Å². The summed E-state index contributed by atoms with van der Waals surface area (Å²) >= 11 is 0. The lowest BCUT2D eigenvalue weighted by molar-refractivity contribution is -0.156. The lowest BCUT2D eigenvalue weighted by Crippen LogP contribution is -2.47. The Hall–Kier alpha value is -1.65. The molecule has 20 heavy (non-hydrogen) atoms. The van der Waals surface area contributed by atoms with E-state index in [0.29, 0.717) is 6.42 Å². The zero-order valence-electron chi connectivity index (χ0n) is 11.7. The summed E-state index contributed by atoms with van der Waals surface area (Å²) in [4.78, 5) is 37.5. The number of carbonyl (C=O) groups is 3. The molecule has 1 saturated heterocycles. The smallest absolute Gasteiger partial charge is 0.326 e. The number of allylic oxidation sites excluding steroid dienone is 2. The van der Waals surface area contributed by atoms with Crippen LogP contribution in [0.5, 0.6) is 0 Å². The molecule has 2 aliphatic carbocycles. The number of likely N-dealkylation sites (tertiary alicyclic amines) is 1. The van der Waals surface area contributed by atoms with E-state index in [1.807, 2.05) is 26.0 Å². The Bertz CT molecular complexity index is 480. The first kappa shape index (κ1) is 13.3. The molecule has 108 valence electrons. The molecular formula is C15H19NO4. The Balaban J connectivity index is 1.90. The van der Waals surface area contributed by atoms with E-state index >= 15 is 0 Å². The molecular weight excluding hydrogens is 258 g/mol. The number of nitrogens with zero attached hydrogens (tertiary/aromatic N) is 1. The summed E-state index contributed by atoms with van der Waals surface area (Å²) in [6.07, 6.45) is 5.20. The highest BCUT2D eigenvalue weighted by Gasteiger charge is 2.61. The van der Waals surface area contributed by atoms with Crippen molar-refractivity contribution in [2.45, 2.75) is 32.7 Å². The van der Waals surface area contributed by atoms with Crippen LogP contribution in [0.3, 0.4) is 0 Å². The summed E-state index contributed by atoms with van der Waals surface area (Å²) < 4.78 is 0. The van der Waals surface area contributed by atoms with Crippen molar-refractivity contribution in [2.75, 3.05) is 0 Å². The van der Waals surface area contributed by atoms with Crippen molar-refractivity contribution in [1.29, 1.82) is 0 Å². The second-order valence-electron chi connectivity index (χ2n) is 6.53. The maximum atomic E-state index is 12.5. The number of aliphatic carboxylic acids is 1. The van der Waals surface area contributed by atoms with E-state index in [1.54, 1.807) is 0 Å². The van der Waals surface area contributed by atoms with Gasteiger partial charge in [-0.25, -0.2) is 4.79 Å².